The van der Waals surface area contributed by atoms with Crippen LogP contribution in [0.3, 0.4) is 0 Å². The minimum Gasteiger partial charge on any atom is -0.352 e. The first-order valence-corrected chi connectivity index (χ1v) is 15.7. The molecule has 1 aliphatic carbocycles. The van der Waals surface area contributed by atoms with E-state index < -0.39 is 40.3 Å². The number of alkyl halides is 3. The maximum atomic E-state index is 14.0. The van der Waals surface area contributed by atoms with Gasteiger partial charge in [-0.3, -0.25) is 13.9 Å². The number of hydrogen-bond donors (Lipinski definition) is 1. The summed E-state index contributed by atoms with van der Waals surface area (Å²) in [4.78, 5) is 28.4. The quantitative estimate of drug-likeness (QED) is 0.300. The van der Waals surface area contributed by atoms with Crippen LogP contribution in [0, 0.1) is 6.92 Å². The van der Waals surface area contributed by atoms with Gasteiger partial charge >= 0.3 is 6.18 Å². The maximum Gasteiger partial charge on any atom is 0.416 e. The molecule has 0 bridgehead atoms. The van der Waals surface area contributed by atoms with Gasteiger partial charge in [-0.2, -0.15) is 13.2 Å². The number of benzene rings is 3. The molecule has 0 spiro atoms. The first-order valence-electron chi connectivity index (χ1n) is 14.3. The number of nitrogens with one attached hydrogen (secondary N) is 1. The standard InChI is InChI=1S/C32H36F3N3O4S/c1-23-16-18-29(19-17-23)43(41,42)38(28-15-9-12-26(20-28)32(33,34)35)22-30(39)37(21-25-10-5-3-6-11-25)24(2)31(40)36-27-13-7-4-8-14-27/h3,5-6,9-12,15-20,24,27H,4,7-8,13-14,21-22H2,1-2H3,(H,36,40). The molecule has 0 saturated heterocycles. The summed E-state index contributed by atoms with van der Waals surface area (Å²) >= 11 is 0. The van der Waals surface area contributed by atoms with Crippen LogP contribution in [0.15, 0.2) is 83.8 Å². The van der Waals surface area contributed by atoms with Gasteiger partial charge in [0, 0.05) is 12.6 Å². The van der Waals surface area contributed by atoms with Gasteiger partial charge in [-0.05, 0) is 62.6 Å². The fourth-order valence-electron chi connectivity index (χ4n) is 5.14. The summed E-state index contributed by atoms with van der Waals surface area (Å²) in [5.41, 5.74) is 0.123. The summed E-state index contributed by atoms with van der Waals surface area (Å²) in [5, 5.41) is 3.02. The van der Waals surface area contributed by atoms with Gasteiger partial charge < -0.3 is 10.2 Å². The van der Waals surface area contributed by atoms with Crippen LogP contribution in [0.2, 0.25) is 0 Å². The molecular formula is C32H36F3N3O4S. The Labute approximate surface area is 250 Å². The Bertz CT molecular complexity index is 1510. The van der Waals surface area contributed by atoms with Crippen molar-refractivity contribution in [3.63, 3.8) is 0 Å². The van der Waals surface area contributed by atoms with E-state index in [0.717, 1.165) is 49.8 Å². The van der Waals surface area contributed by atoms with E-state index in [1.165, 1.54) is 23.1 Å². The molecule has 230 valence electrons. The lowest BCUT2D eigenvalue weighted by atomic mass is 9.95. The summed E-state index contributed by atoms with van der Waals surface area (Å²) in [6.45, 7) is 2.53. The molecule has 3 aromatic rings. The van der Waals surface area contributed by atoms with Crippen molar-refractivity contribution in [3.05, 3.63) is 95.6 Å². The summed E-state index contributed by atoms with van der Waals surface area (Å²) in [6, 6.07) is 17.6. The summed E-state index contributed by atoms with van der Waals surface area (Å²) in [7, 11) is -4.49. The molecule has 1 atom stereocenters. The van der Waals surface area contributed by atoms with Gasteiger partial charge in [0.2, 0.25) is 11.8 Å². The summed E-state index contributed by atoms with van der Waals surface area (Å²) in [6.07, 6.45) is 0.0295. The van der Waals surface area contributed by atoms with Gasteiger partial charge in [-0.25, -0.2) is 8.42 Å². The molecule has 0 radical (unpaired) electrons. The Hall–Kier alpha value is -3.86. The highest BCUT2D eigenvalue weighted by atomic mass is 32.2. The lowest BCUT2D eigenvalue weighted by Gasteiger charge is -2.33. The normalized spacial score (nSPS) is 15.0. The smallest absolute Gasteiger partial charge is 0.352 e. The monoisotopic (exact) mass is 615 g/mol. The predicted octanol–water partition coefficient (Wildman–Crippen LogP) is 6.08. The van der Waals surface area contributed by atoms with Gasteiger partial charge in [0.25, 0.3) is 10.0 Å². The third-order valence-corrected chi connectivity index (χ3v) is 9.45. The van der Waals surface area contributed by atoms with E-state index in [0.29, 0.717) is 15.9 Å². The number of carbonyl (C=O) groups is 2. The molecule has 43 heavy (non-hydrogen) atoms. The largest absolute Gasteiger partial charge is 0.416 e. The molecule has 11 heteroatoms. The van der Waals surface area contributed by atoms with E-state index in [4.69, 9.17) is 0 Å². The van der Waals surface area contributed by atoms with E-state index >= 15 is 0 Å². The van der Waals surface area contributed by atoms with Gasteiger partial charge in [-0.1, -0.05) is 73.4 Å². The number of halogens is 3. The van der Waals surface area contributed by atoms with Crippen LogP contribution < -0.4 is 9.62 Å². The molecule has 0 aromatic heterocycles. The van der Waals surface area contributed by atoms with E-state index in [9.17, 15) is 31.2 Å². The third kappa shape index (κ3) is 8.16. The van der Waals surface area contributed by atoms with E-state index in [1.54, 1.807) is 56.3 Å². The fourth-order valence-corrected chi connectivity index (χ4v) is 6.54. The second-order valence-electron chi connectivity index (χ2n) is 10.9. The Morgan fingerprint density at radius 2 is 1.58 bits per heavy atom. The summed E-state index contributed by atoms with van der Waals surface area (Å²) in [5.74, 6) is -1.11. The van der Waals surface area contributed by atoms with Crippen molar-refractivity contribution in [3.8, 4) is 0 Å². The molecule has 2 amide bonds. The predicted molar refractivity (Wildman–Crippen MR) is 159 cm³/mol. The number of sulfonamides is 1. The summed E-state index contributed by atoms with van der Waals surface area (Å²) < 4.78 is 69.3. The van der Waals surface area contributed by atoms with Crippen molar-refractivity contribution in [2.45, 2.75) is 75.7 Å². The topological polar surface area (TPSA) is 86.8 Å². The Balaban J connectivity index is 1.71. The number of carbonyl (C=O) groups excluding carboxylic acids is 2. The van der Waals surface area contributed by atoms with Crippen LogP contribution in [-0.2, 0) is 32.3 Å². The molecule has 0 heterocycles. The highest BCUT2D eigenvalue weighted by Crippen LogP contribution is 2.33. The van der Waals surface area contributed by atoms with Crippen LogP contribution in [0.5, 0.6) is 0 Å². The zero-order chi connectivity index (χ0) is 31.2. The van der Waals surface area contributed by atoms with Crippen molar-refractivity contribution >= 4 is 27.5 Å². The van der Waals surface area contributed by atoms with Gasteiger partial charge in [0.1, 0.15) is 12.6 Å². The fraction of sp³-hybridized carbons (Fsp3) is 0.375. The molecule has 1 unspecified atom stereocenters. The van der Waals surface area contributed by atoms with Gasteiger partial charge in [0.05, 0.1) is 16.1 Å². The highest BCUT2D eigenvalue weighted by molar-refractivity contribution is 7.92. The van der Waals surface area contributed by atoms with Crippen LogP contribution >= 0.6 is 0 Å². The molecule has 1 aliphatic rings. The lowest BCUT2D eigenvalue weighted by molar-refractivity contribution is -0.139. The first kappa shape index (κ1) is 32.1. The Morgan fingerprint density at radius 3 is 2.21 bits per heavy atom. The minimum absolute atomic E-state index is 0.0000627. The molecule has 1 saturated carbocycles. The van der Waals surface area contributed by atoms with Crippen molar-refractivity contribution in [2.24, 2.45) is 0 Å². The zero-order valence-electron chi connectivity index (χ0n) is 24.2. The second kappa shape index (κ2) is 13.6. The minimum atomic E-state index is -4.73. The van der Waals surface area contributed by atoms with E-state index in [-0.39, 0.29) is 29.1 Å². The number of amides is 2. The lowest BCUT2D eigenvalue weighted by Crippen LogP contribution is -2.53. The van der Waals surface area contributed by atoms with Gasteiger partial charge in [0.15, 0.2) is 0 Å². The molecule has 0 aliphatic heterocycles. The van der Waals surface area contributed by atoms with Crippen LogP contribution in [0.25, 0.3) is 0 Å². The van der Waals surface area contributed by atoms with E-state index in [2.05, 4.69) is 5.32 Å². The molecule has 7 nitrogen and oxygen atoms in total. The van der Waals surface area contributed by atoms with Crippen molar-refractivity contribution in [2.75, 3.05) is 10.8 Å². The Kier molecular flexibility index (Phi) is 10.2. The van der Waals surface area contributed by atoms with Crippen molar-refractivity contribution in [1.29, 1.82) is 0 Å². The Morgan fingerprint density at radius 1 is 0.930 bits per heavy atom. The average molecular weight is 616 g/mol. The number of nitrogens with zero attached hydrogens (tertiary/aromatic N) is 2. The molecular weight excluding hydrogens is 579 g/mol. The van der Waals surface area contributed by atoms with Crippen LogP contribution in [0.1, 0.15) is 55.7 Å². The number of anilines is 1. The third-order valence-electron chi connectivity index (χ3n) is 7.66. The number of aryl methyl sites for hydroxylation is 1. The van der Waals surface area contributed by atoms with E-state index in [1.807, 2.05) is 0 Å². The SMILES string of the molecule is Cc1ccc(S(=O)(=O)N(CC(=O)N(Cc2ccccc2)C(C)C(=O)NC2CCCCC2)c2cccc(C(F)(F)F)c2)cc1. The van der Waals surface area contributed by atoms with Crippen LogP contribution in [0.4, 0.5) is 18.9 Å². The van der Waals surface area contributed by atoms with Crippen molar-refractivity contribution in [1.82, 2.24) is 10.2 Å². The average Bonchev–Trinajstić information content (AvgIpc) is 2.99. The van der Waals surface area contributed by atoms with Crippen molar-refractivity contribution < 1.29 is 31.2 Å². The highest BCUT2D eigenvalue weighted by Gasteiger charge is 2.35. The number of rotatable bonds is 10. The second-order valence-corrected chi connectivity index (χ2v) is 12.8. The number of hydrogen-bond acceptors (Lipinski definition) is 4. The molecule has 1 N–H and O–H groups in total. The maximum absolute atomic E-state index is 14.0. The molecule has 4 rings (SSSR count). The zero-order valence-corrected chi connectivity index (χ0v) is 25.0. The van der Waals surface area contributed by atoms with Crippen LogP contribution in [-0.4, -0.2) is 43.8 Å². The molecule has 1 fully saturated rings. The molecule has 3 aromatic carbocycles. The van der Waals surface area contributed by atoms with Gasteiger partial charge in [-0.15, -0.1) is 0 Å². The first-order chi connectivity index (χ1) is 20.4.